The van der Waals surface area contributed by atoms with Crippen molar-refractivity contribution in [3.63, 3.8) is 0 Å². The molecule has 5 heteroatoms. The number of rotatable bonds is 4. The molecule has 104 valence electrons. The molecule has 1 aliphatic heterocycles. The van der Waals surface area contributed by atoms with E-state index in [1.54, 1.807) is 18.5 Å². The van der Waals surface area contributed by atoms with Crippen LogP contribution < -0.4 is 10.2 Å². The van der Waals surface area contributed by atoms with Gasteiger partial charge in [-0.2, -0.15) is 0 Å². The Balaban J connectivity index is 1.68. The van der Waals surface area contributed by atoms with E-state index in [1.165, 1.54) is 18.9 Å². The van der Waals surface area contributed by atoms with Gasteiger partial charge in [-0.1, -0.05) is 18.2 Å². The summed E-state index contributed by atoms with van der Waals surface area (Å²) in [5.74, 6) is 1.47. The van der Waals surface area contributed by atoms with Crippen LogP contribution in [0.2, 0.25) is 0 Å². The number of nitrogens with one attached hydrogen (secondary N) is 1. The van der Waals surface area contributed by atoms with Crippen LogP contribution in [0.5, 0.6) is 0 Å². The van der Waals surface area contributed by atoms with Gasteiger partial charge < -0.3 is 10.2 Å². The van der Waals surface area contributed by atoms with Crippen molar-refractivity contribution in [2.45, 2.75) is 19.4 Å². The highest BCUT2D eigenvalue weighted by atomic mass is 19.1. The molecule has 0 bridgehead atoms. The van der Waals surface area contributed by atoms with Crippen LogP contribution in [0.25, 0.3) is 0 Å². The van der Waals surface area contributed by atoms with Crippen molar-refractivity contribution in [3.05, 3.63) is 48.0 Å². The SMILES string of the molecule is Fc1ccccc1CNc1cc(N2CCCC2)ncn1. The second-order valence-corrected chi connectivity index (χ2v) is 4.90. The van der Waals surface area contributed by atoms with Gasteiger partial charge in [0.05, 0.1) is 0 Å². The van der Waals surface area contributed by atoms with E-state index in [4.69, 9.17) is 0 Å². The van der Waals surface area contributed by atoms with E-state index in [0.29, 0.717) is 12.1 Å². The maximum atomic E-state index is 13.5. The van der Waals surface area contributed by atoms with Crippen LogP contribution in [0.3, 0.4) is 0 Å². The minimum Gasteiger partial charge on any atom is -0.366 e. The largest absolute Gasteiger partial charge is 0.366 e. The first-order valence-corrected chi connectivity index (χ1v) is 6.87. The second kappa shape index (κ2) is 5.86. The average Bonchev–Trinajstić information content (AvgIpc) is 3.01. The number of benzene rings is 1. The van der Waals surface area contributed by atoms with Crippen LogP contribution in [0.4, 0.5) is 16.0 Å². The Morgan fingerprint density at radius 2 is 1.95 bits per heavy atom. The second-order valence-electron chi connectivity index (χ2n) is 4.90. The summed E-state index contributed by atoms with van der Waals surface area (Å²) in [5.41, 5.74) is 0.633. The lowest BCUT2D eigenvalue weighted by Gasteiger charge is -2.16. The zero-order valence-electron chi connectivity index (χ0n) is 11.2. The van der Waals surface area contributed by atoms with Crippen LogP contribution in [0.15, 0.2) is 36.7 Å². The average molecular weight is 272 g/mol. The fraction of sp³-hybridized carbons (Fsp3) is 0.333. The zero-order chi connectivity index (χ0) is 13.8. The van der Waals surface area contributed by atoms with Gasteiger partial charge in [0.1, 0.15) is 23.8 Å². The van der Waals surface area contributed by atoms with Gasteiger partial charge in [0.15, 0.2) is 0 Å². The van der Waals surface area contributed by atoms with Gasteiger partial charge in [-0.15, -0.1) is 0 Å². The van der Waals surface area contributed by atoms with Crippen LogP contribution in [0.1, 0.15) is 18.4 Å². The fourth-order valence-corrected chi connectivity index (χ4v) is 2.39. The van der Waals surface area contributed by atoms with E-state index in [2.05, 4.69) is 20.2 Å². The zero-order valence-corrected chi connectivity index (χ0v) is 11.2. The Morgan fingerprint density at radius 1 is 1.15 bits per heavy atom. The summed E-state index contributed by atoms with van der Waals surface area (Å²) in [6.45, 7) is 2.51. The van der Waals surface area contributed by atoms with Crippen LogP contribution in [0, 0.1) is 5.82 Å². The maximum absolute atomic E-state index is 13.5. The van der Waals surface area contributed by atoms with Gasteiger partial charge in [0, 0.05) is 31.3 Å². The molecule has 0 amide bonds. The van der Waals surface area contributed by atoms with E-state index in [9.17, 15) is 4.39 Å². The quantitative estimate of drug-likeness (QED) is 0.929. The van der Waals surface area contributed by atoms with Gasteiger partial charge in [-0.05, 0) is 18.9 Å². The molecule has 0 radical (unpaired) electrons. The summed E-state index contributed by atoms with van der Waals surface area (Å²) in [5, 5.41) is 3.15. The first-order valence-electron chi connectivity index (χ1n) is 6.87. The lowest BCUT2D eigenvalue weighted by Crippen LogP contribution is -2.19. The van der Waals surface area contributed by atoms with Gasteiger partial charge >= 0.3 is 0 Å². The normalized spacial score (nSPS) is 14.6. The summed E-state index contributed by atoms with van der Waals surface area (Å²) in [7, 11) is 0. The van der Waals surface area contributed by atoms with Crippen molar-refractivity contribution in [3.8, 4) is 0 Å². The minimum atomic E-state index is -0.200. The predicted molar refractivity (Wildman–Crippen MR) is 77.2 cm³/mol. The number of hydrogen-bond acceptors (Lipinski definition) is 4. The minimum absolute atomic E-state index is 0.200. The molecule has 4 nitrogen and oxygen atoms in total. The molecule has 1 aromatic carbocycles. The summed E-state index contributed by atoms with van der Waals surface area (Å²) in [4.78, 5) is 10.7. The van der Waals surface area contributed by atoms with Crippen molar-refractivity contribution < 1.29 is 4.39 Å². The molecule has 20 heavy (non-hydrogen) atoms. The van der Waals surface area contributed by atoms with Crippen molar-refractivity contribution in [2.24, 2.45) is 0 Å². The van der Waals surface area contributed by atoms with E-state index in [-0.39, 0.29) is 5.82 Å². The van der Waals surface area contributed by atoms with Crippen LogP contribution in [-0.2, 0) is 6.54 Å². The first-order chi connectivity index (χ1) is 9.83. The van der Waals surface area contributed by atoms with E-state index < -0.39 is 0 Å². The number of aromatic nitrogens is 2. The third kappa shape index (κ3) is 2.87. The predicted octanol–water partition coefficient (Wildman–Crippen LogP) is 2.83. The number of nitrogens with zero attached hydrogens (tertiary/aromatic N) is 3. The molecule has 1 aliphatic rings. The number of anilines is 2. The third-order valence-electron chi connectivity index (χ3n) is 3.50. The summed E-state index contributed by atoms with van der Waals surface area (Å²) >= 11 is 0. The van der Waals surface area contributed by atoms with Crippen molar-refractivity contribution in [1.82, 2.24) is 9.97 Å². The monoisotopic (exact) mass is 272 g/mol. The highest BCUT2D eigenvalue weighted by Gasteiger charge is 2.13. The third-order valence-corrected chi connectivity index (χ3v) is 3.50. The summed E-state index contributed by atoms with van der Waals surface area (Å²) < 4.78 is 13.5. The standard InChI is InChI=1S/C15H17FN4/c16-13-6-2-1-5-12(13)10-17-14-9-15(19-11-18-14)20-7-3-4-8-20/h1-2,5-6,9,11H,3-4,7-8,10H2,(H,17,18,19). The fourth-order valence-electron chi connectivity index (χ4n) is 2.39. The molecule has 0 atom stereocenters. The molecular weight excluding hydrogens is 255 g/mol. The Morgan fingerprint density at radius 3 is 2.75 bits per heavy atom. The molecule has 3 rings (SSSR count). The van der Waals surface area contributed by atoms with Crippen molar-refractivity contribution in [1.29, 1.82) is 0 Å². The molecular formula is C15H17FN4. The number of halogens is 1. The summed E-state index contributed by atoms with van der Waals surface area (Å²) in [6, 6.07) is 8.68. The van der Waals surface area contributed by atoms with Crippen molar-refractivity contribution >= 4 is 11.6 Å². The van der Waals surface area contributed by atoms with E-state index in [1.807, 2.05) is 12.1 Å². The molecule has 1 N–H and O–H groups in total. The van der Waals surface area contributed by atoms with Gasteiger partial charge in [-0.3, -0.25) is 0 Å². The molecule has 0 saturated carbocycles. The smallest absolute Gasteiger partial charge is 0.134 e. The van der Waals surface area contributed by atoms with Gasteiger partial charge in [-0.25, -0.2) is 14.4 Å². The van der Waals surface area contributed by atoms with E-state index >= 15 is 0 Å². The first kappa shape index (κ1) is 12.8. The molecule has 1 fully saturated rings. The maximum Gasteiger partial charge on any atom is 0.134 e. The topological polar surface area (TPSA) is 41.0 Å². The van der Waals surface area contributed by atoms with E-state index in [0.717, 1.165) is 24.7 Å². The highest BCUT2D eigenvalue weighted by molar-refractivity contribution is 5.49. The molecule has 0 unspecified atom stereocenters. The molecule has 0 spiro atoms. The van der Waals surface area contributed by atoms with Crippen LogP contribution in [-0.4, -0.2) is 23.1 Å². The Hall–Kier alpha value is -2.17. The Kier molecular flexibility index (Phi) is 3.76. The summed E-state index contributed by atoms with van der Waals surface area (Å²) in [6.07, 6.45) is 3.97. The molecule has 1 aromatic heterocycles. The van der Waals surface area contributed by atoms with Crippen LogP contribution >= 0.6 is 0 Å². The Bertz CT molecular complexity index is 582. The molecule has 0 aliphatic carbocycles. The van der Waals surface area contributed by atoms with Gasteiger partial charge in [0.2, 0.25) is 0 Å². The lowest BCUT2D eigenvalue weighted by atomic mass is 10.2. The van der Waals surface area contributed by atoms with Gasteiger partial charge in [0.25, 0.3) is 0 Å². The molecule has 2 heterocycles. The Labute approximate surface area is 117 Å². The lowest BCUT2D eigenvalue weighted by molar-refractivity contribution is 0.613. The molecule has 2 aromatic rings. The highest BCUT2D eigenvalue weighted by Crippen LogP contribution is 2.19. The number of hydrogen-bond donors (Lipinski definition) is 1. The van der Waals surface area contributed by atoms with Crippen molar-refractivity contribution in [2.75, 3.05) is 23.3 Å². The molecule has 1 saturated heterocycles.